The van der Waals surface area contributed by atoms with Crippen molar-refractivity contribution in [1.29, 1.82) is 0 Å². The molecule has 0 atom stereocenters. The van der Waals surface area contributed by atoms with Crippen LogP contribution in [0.4, 0.5) is 14.6 Å². The van der Waals surface area contributed by atoms with Crippen LogP contribution in [0.25, 0.3) is 22.0 Å². The van der Waals surface area contributed by atoms with Gasteiger partial charge in [-0.05, 0) is 35.4 Å². The van der Waals surface area contributed by atoms with Gasteiger partial charge < -0.3 is 5.73 Å². The molecular weight excluding hydrogens is 248 g/mol. The van der Waals surface area contributed by atoms with E-state index < -0.39 is 11.6 Å². The molecule has 1 aromatic heterocycles. The van der Waals surface area contributed by atoms with Crippen molar-refractivity contribution < 1.29 is 8.78 Å². The number of rotatable bonds is 1. The molecule has 2 N–H and O–H groups in total. The van der Waals surface area contributed by atoms with Crippen LogP contribution >= 0.6 is 0 Å². The molecule has 0 radical (unpaired) electrons. The molecule has 0 saturated carbocycles. The summed E-state index contributed by atoms with van der Waals surface area (Å²) >= 11 is 0. The average Bonchev–Trinajstić information content (AvgIpc) is 2.38. The van der Waals surface area contributed by atoms with E-state index in [1.807, 2.05) is 0 Å². The van der Waals surface area contributed by atoms with Gasteiger partial charge in [-0.1, -0.05) is 6.07 Å². The Balaban J connectivity index is 2.22. The molecule has 94 valence electrons. The molecule has 0 aliphatic heterocycles. The second-order valence-electron chi connectivity index (χ2n) is 4.15. The SMILES string of the molecule is Nc1ncnc2ccc(-c3cc(F)cc(F)c3)cc12. The third-order valence-electron chi connectivity index (χ3n) is 2.86. The number of halogens is 2. The van der Waals surface area contributed by atoms with E-state index in [9.17, 15) is 8.78 Å². The lowest BCUT2D eigenvalue weighted by atomic mass is 10.0. The first-order valence-electron chi connectivity index (χ1n) is 5.60. The Kier molecular flexibility index (Phi) is 2.59. The highest BCUT2D eigenvalue weighted by atomic mass is 19.1. The van der Waals surface area contributed by atoms with Crippen molar-refractivity contribution in [3.05, 3.63) is 54.4 Å². The zero-order chi connectivity index (χ0) is 13.4. The minimum atomic E-state index is -0.618. The van der Waals surface area contributed by atoms with E-state index in [2.05, 4.69) is 9.97 Å². The van der Waals surface area contributed by atoms with E-state index in [1.165, 1.54) is 18.5 Å². The van der Waals surface area contributed by atoms with Gasteiger partial charge in [0.1, 0.15) is 23.8 Å². The number of fused-ring (bicyclic) bond motifs is 1. The largest absolute Gasteiger partial charge is 0.383 e. The first kappa shape index (κ1) is 11.5. The molecule has 19 heavy (non-hydrogen) atoms. The summed E-state index contributed by atoms with van der Waals surface area (Å²) in [6.07, 6.45) is 1.37. The van der Waals surface area contributed by atoms with Crippen LogP contribution in [0.5, 0.6) is 0 Å². The molecule has 0 aliphatic carbocycles. The number of hydrogen-bond acceptors (Lipinski definition) is 3. The van der Waals surface area contributed by atoms with E-state index >= 15 is 0 Å². The quantitative estimate of drug-likeness (QED) is 0.728. The Morgan fingerprint density at radius 1 is 0.842 bits per heavy atom. The molecule has 0 bridgehead atoms. The van der Waals surface area contributed by atoms with Crippen molar-refractivity contribution in [3.8, 4) is 11.1 Å². The summed E-state index contributed by atoms with van der Waals surface area (Å²) in [5.74, 6) is -0.900. The summed E-state index contributed by atoms with van der Waals surface area (Å²) in [7, 11) is 0. The maximum absolute atomic E-state index is 13.2. The molecule has 0 amide bonds. The summed E-state index contributed by atoms with van der Waals surface area (Å²) in [4.78, 5) is 7.97. The fraction of sp³-hybridized carbons (Fsp3) is 0. The fourth-order valence-corrected chi connectivity index (χ4v) is 1.98. The van der Waals surface area contributed by atoms with E-state index in [0.717, 1.165) is 6.07 Å². The van der Waals surface area contributed by atoms with Gasteiger partial charge in [0.15, 0.2) is 0 Å². The van der Waals surface area contributed by atoms with Crippen LogP contribution in [0.15, 0.2) is 42.7 Å². The minimum Gasteiger partial charge on any atom is -0.383 e. The highest BCUT2D eigenvalue weighted by Gasteiger charge is 2.06. The van der Waals surface area contributed by atoms with Gasteiger partial charge in [-0.25, -0.2) is 18.7 Å². The molecular formula is C14H9F2N3. The minimum absolute atomic E-state index is 0.337. The van der Waals surface area contributed by atoms with Crippen molar-refractivity contribution >= 4 is 16.7 Å². The number of anilines is 1. The number of nitrogen functional groups attached to an aromatic ring is 1. The van der Waals surface area contributed by atoms with Crippen LogP contribution in [0, 0.1) is 11.6 Å². The second kappa shape index (κ2) is 4.28. The van der Waals surface area contributed by atoms with Gasteiger partial charge in [-0.15, -0.1) is 0 Å². The van der Waals surface area contributed by atoms with Crippen LogP contribution in [0.1, 0.15) is 0 Å². The van der Waals surface area contributed by atoms with Gasteiger partial charge >= 0.3 is 0 Å². The van der Waals surface area contributed by atoms with Crippen molar-refractivity contribution in [2.24, 2.45) is 0 Å². The summed E-state index contributed by atoms with van der Waals surface area (Å²) in [6, 6.07) is 8.57. The van der Waals surface area contributed by atoms with Crippen molar-refractivity contribution in [1.82, 2.24) is 9.97 Å². The van der Waals surface area contributed by atoms with E-state index in [1.54, 1.807) is 18.2 Å². The summed E-state index contributed by atoms with van der Waals surface area (Å²) in [6.45, 7) is 0. The lowest BCUT2D eigenvalue weighted by Crippen LogP contribution is -1.93. The van der Waals surface area contributed by atoms with Gasteiger partial charge in [0.05, 0.1) is 5.52 Å². The van der Waals surface area contributed by atoms with Gasteiger partial charge in [0.25, 0.3) is 0 Å². The average molecular weight is 257 g/mol. The zero-order valence-corrected chi connectivity index (χ0v) is 9.77. The Morgan fingerprint density at radius 3 is 2.32 bits per heavy atom. The van der Waals surface area contributed by atoms with Crippen LogP contribution < -0.4 is 5.73 Å². The number of nitrogens with two attached hydrogens (primary N) is 1. The third kappa shape index (κ3) is 2.10. The van der Waals surface area contributed by atoms with E-state index in [-0.39, 0.29) is 0 Å². The number of nitrogens with zero attached hydrogens (tertiary/aromatic N) is 2. The Morgan fingerprint density at radius 2 is 1.58 bits per heavy atom. The normalized spacial score (nSPS) is 10.8. The number of benzene rings is 2. The third-order valence-corrected chi connectivity index (χ3v) is 2.86. The first-order chi connectivity index (χ1) is 9.13. The lowest BCUT2D eigenvalue weighted by molar-refractivity contribution is 0.584. The van der Waals surface area contributed by atoms with Gasteiger partial charge in [0.2, 0.25) is 0 Å². The van der Waals surface area contributed by atoms with Crippen LogP contribution in [0.3, 0.4) is 0 Å². The van der Waals surface area contributed by atoms with Crippen LogP contribution in [-0.2, 0) is 0 Å². The molecule has 3 nitrogen and oxygen atoms in total. The molecule has 5 heteroatoms. The van der Waals surface area contributed by atoms with E-state index in [4.69, 9.17) is 5.73 Å². The number of aromatic nitrogens is 2. The molecule has 3 aromatic rings. The Bertz CT molecular complexity index is 751. The molecule has 0 aliphatic rings. The smallest absolute Gasteiger partial charge is 0.134 e. The topological polar surface area (TPSA) is 51.8 Å². The summed E-state index contributed by atoms with van der Waals surface area (Å²) in [5.41, 5.74) is 7.56. The van der Waals surface area contributed by atoms with Gasteiger partial charge in [-0.2, -0.15) is 0 Å². The van der Waals surface area contributed by atoms with Gasteiger partial charge in [0, 0.05) is 11.5 Å². The van der Waals surface area contributed by atoms with Crippen molar-refractivity contribution in [2.45, 2.75) is 0 Å². The van der Waals surface area contributed by atoms with Crippen molar-refractivity contribution in [2.75, 3.05) is 5.73 Å². The lowest BCUT2D eigenvalue weighted by Gasteiger charge is -2.05. The van der Waals surface area contributed by atoms with Gasteiger partial charge in [-0.3, -0.25) is 0 Å². The summed E-state index contributed by atoms with van der Waals surface area (Å²) < 4.78 is 26.4. The van der Waals surface area contributed by atoms with Crippen LogP contribution in [0.2, 0.25) is 0 Å². The summed E-state index contributed by atoms with van der Waals surface area (Å²) in [5, 5.41) is 0.657. The van der Waals surface area contributed by atoms with E-state index in [0.29, 0.717) is 27.8 Å². The highest BCUT2D eigenvalue weighted by Crippen LogP contribution is 2.26. The fourth-order valence-electron chi connectivity index (χ4n) is 1.98. The molecule has 0 fully saturated rings. The van der Waals surface area contributed by atoms with Crippen molar-refractivity contribution in [3.63, 3.8) is 0 Å². The predicted molar refractivity (Wildman–Crippen MR) is 69.3 cm³/mol. The number of hydrogen-bond donors (Lipinski definition) is 1. The standard InChI is InChI=1S/C14H9F2N3/c15-10-3-9(4-11(16)6-10)8-1-2-13-12(5-8)14(17)19-7-18-13/h1-7H,(H2,17,18,19). The molecule has 1 heterocycles. The monoisotopic (exact) mass is 257 g/mol. The maximum atomic E-state index is 13.2. The zero-order valence-electron chi connectivity index (χ0n) is 9.77. The molecule has 0 unspecified atom stereocenters. The Labute approximate surface area is 107 Å². The van der Waals surface area contributed by atoms with Crippen LogP contribution in [-0.4, -0.2) is 9.97 Å². The Hall–Kier alpha value is -2.56. The molecule has 3 rings (SSSR count). The first-order valence-corrected chi connectivity index (χ1v) is 5.60. The molecule has 2 aromatic carbocycles. The predicted octanol–water partition coefficient (Wildman–Crippen LogP) is 3.16. The maximum Gasteiger partial charge on any atom is 0.134 e. The highest BCUT2D eigenvalue weighted by molar-refractivity contribution is 5.91. The molecule has 0 spiro atoms. The second-order valence-corrected chi connectivity index (χ2v) is 4.15. The molecule has 0 saturated heterocycles.